The third-order valence-corrected chi connectivity index (χ3v) is 11.1. The normalized spacial score (nSPS) is 16.6. The van der Waals surface area contributed by atoms with Crippen molar-refractivity contribution in [3.63, 3.8) is 0 Å². The first-order valence-corrected chi connectivity index (χ1v) is 18.1. The Morgan fingerprint density at radius 3 is 1.30 bits per heavy atom. The van der Waals surface area contributed by atoms with Crippen LogP contribution in [0.4, 0.5) is 0 Å². The van der Waals surface area contributed by atoms with Gasteiger partial charge in [0.1, 0.15) is 0 Å². The number of fused-ring (bicyclic) bond motifs is 2. The Labute approximate surface area is 288 Å². The van der Waals surface area contributed by atoms with E-state index in [1.807, 2.05) is 0 Å². The number of rotatable bonds is 12. The van der Waals surface area contributed by atoms with Crippen molar-refractivity contribution in [2.24, 2.45) is 0 Å². The minimum Gasteiger partial charge on any atom is -0.0651 e. The van der Waals surface area contributed by atoms with Gasteiger partial charge in [0.15, 0.2) is 0 Å². The van der Waals surface area contributed by atoms with Gasteiger partial charge in [0.25, 0.3) is 0 Å². The van der Waals surface area contributed by atoms with Crippen molar-refractivity contribution in [2.45, 2.75) is 90.1 Å². The van der Waals surface area contributed by atoms with Crippen molar-refractivity contribution in [1.82, 2.24) is 0 Å². The van der Waals surface area contributed by atoms with E-state index in [0.717, 1.165) is 22.4 Å². The number of hydrogen-bond acceptors (Lipinski definition) is 0. The zero-order valence-electron chi connectivity index (χ0n) is 27.0. The summed E-state index contributed by atoms with van der Waals surface area (Å²) in [6.45, 7) is 9.13. The molecule has 2 unspecified atom stereocenters. The van der Waals surface area contributed by atoms with Crippen LogP contribution in [0.3, 0.4) is 0 Å². The van der Waals surface area contributed by atoms with Crippen molar-refractivity contribution in [2.75, 3.05) is 0 Å². The summed E-state index contributed by atoms with van der Waals surface area (Å²) in [4.78, 5) is 0. The largest absolute Gasteiger partial charge is 0.0651 e. The maximum atomic E-state index is 2.56. The molecule has 0 amide bonds. The molecule has 6 rings (SSSR count). The summed E-state index contributed by atoms with van der Waals surface area (Å²) in [6.07, 6.45) is 12.1. The summed E-state index contributed by atoms with van der Waals surface area (Å²) in [6, 6.07) is 35.1. The molecule has 0 fully saturated rings. The average Bonchev–Trinajstić information content (AvgIpc) is 3.59. The second-order valence-corrected chi connectivity index (χ2v) is 13.7. The van der Waals surface area contributed by atoms with Gasteiger partial charge in [0, 0.05) is 47.6 Å². The first-order chi connectivity index (χ1) is 21.1. The Kier molecular flexibility index (Phi) is 11.3. The fourth-order valence-electron chi connectivity index (χ4n) is 7.34. The fraction of sp³-hybridized carbons (Fsp3) is 0.333. The maximum absolute atomic E-state index is 2.56. The summed E-state index contributed by atoms with van der Waals surface area (Å²) in [5, 5.41) is 0. The minimum atomic E-state index is 0. The van der Waals surface area contributed by atoms with E-state index < -0.39 is 0 Å². The Morgan fingerprint density at radius 2 is 0.932 bits per heavy atom. The van der Waals surface area contributed by atoms with Gasteiger partial charge in [-0.25, -0.2) is 0 Å². The molecule has 2 aliphatic rings. The zero-order valence-corrected chi connectivity index (χ0v) is 30.5. The van der Waals surface area contributed by atoms with Gasteiger partial charge in [0.2, 0.25) is 0 Å². The van der Waals surface area contributed by atoms with Gasteiger partial charge in [-0.05, 0) is 81.3 Å². The summed E-state index contributed by atoms with van der Waals surface area (Å²) >= 11 is 0. The van der Waals surface area contributed by atoms with Crippen LogP contribution in [0.25, 0.3) is 34.4 Å². The SMILES string of the molecule is CCCC1=Cc2c(-c3ccc(CC)cc3)cccc2C1C[Si]CC1C(CCC)=Cc2c(-c3ccc(CC)cc3)cccc21.[Zr]. The Hall–Kier alpha value is -2.54. The van der Waals surface area contributed by atoms with Crippen molar-refractivity contribution >= 4 is 21.7 Å². The first-order valence-electron chi connectivity index (χ1n) is 16.7. The van der Waals surface area contributed by atoms with Crippen molar-refractivity contribution in [3.05, 3.63) is 129 Å². The molecule has 4 aromatic rings. The van der Waals surface area contributed by atoms with E-state index in [0.29, 0.717) is 11.8 Å². The number of allylic oxidation sites excluding steroid dienone is 2. The summed E-state index contributed by atoms with van der Waals surface area (Å²) < 4.78 is 0. The number of aryl methyl sites for hydroxylation is 2. The van der Waals surface area contributed by atoms with E-state index in [9.17, 15) is 0 Å². The smallest absolute Gasteiger partial charge is 0.0397 e. The monoisotopic (exact) mass is 668 g/mol. The van der Waals surface area contributed by atoms with E-state index in [2.05, 4.69) is 125 Å². The first kappa shape index (κ1) is 32.8. The molecule has 0 aliphatic heterocycles. The number of benzene rings is 4. The molecule has 2 radical (unpaired) electrons. The van der Waals surface area contributed by atoms with Crippen LogP contribution in [0.1, 0.15) is 98.6 Å². The van der Waals surface area contributed by atoms with E-state index in [1.165, 1.54) is 82.3 Å². The van der Waals surface area contributed by atoms with E-state index >= 15 is 0 Å². The Bertz CT molecular complexity index is 1500. The fourth-order valence-corrected chi connectivity index (χ4v) is 9.04. The van der Waals surface area contributed by atoms with Crippen LogP contribution in [0.15, 0.2) is 96.1 Å². The van der Waals surface area contributed by atoms with Crippen molar-refractivity contribution in [1.29, 1.82) is 0 Å². The van der Waals surface area contributed by atoms with Gasteiger partial charge in [-0.3, -0.25) is 0 Å². The van der Waals surface area contributed by atoms with E-state index in [-0.39, 0.29) is 26.2 Å². The standard InChI is InChI=1S/C42H46Si.Zr/c1-5-11-33-25-39-35(31-21-17-29(7-3)18-22-31)13-9-15-37(39)41(33)27-43-28-42-34(12-6-2)26-40-36(14-10-16-38(40)42)32-23-19-30(8-4)20-24-32;/h9-10,13-26,41-42H,5-8,11-12,27-28H2,1-4H3;. The minimum absolute atomic E-state index is 0. The summed E-state index contributed by atoms with van der Waals surface area (Å²) in [5.41, 5.74) is 17.7. The molecular formula is C42H46SiZr. The van der Waals surface area contributed by atoms with Crippen molar-refractivity contribution < 1.29 is 26.2 Å². The van der Waals surface area contributed by atoms with Crippen LogP contribution in [0, 0.1) is 0 Å². The molecule has 2 heteroatoms. The summed E-state index contributed by atoms with van der Waals surface area (Å²) in [7, 11) is 0.946. The predicted octanol–water partition coefficient (Wildman–Crippen LogP) is 11.9. The van der Waals surface area contributed by atoms with Crippen LogP contribution in [0.2, 0.25) is 12.1 Å². The summed E-state index contributed by atoms with van der Waals surface area (Å²) in [5.74, 6) is 1.12. The molecule has 0 N–H and O–H groups in total. The second kappa shape index (κ2) is 15.2. The molecule has 2 atom stereocenters. The molecule has 0 nitrogen and oxygen atoms in total. The van der Waals surface area contributed by atoms with Crippen LogP contribution < -0.4 is 0 Å². The van der Waals surface area contributed by atoms with E-state index in [1.54, 1.807) is 22.3 Å². The molecule has 222 valence electrons. The van der Waals surface area contributed by atoms with Crippen LogP contribution >= 0.6 is 0 Å². The van der Waals surface area contributed by atoms with Gasteiger partial charge in [-0.2, -0.15) is 0 Å². The molecule has 0 bridgehead atoms. The van der Waals surface area contributed by atoms with Gasteiger partial charge < -0.3 is 0 Å². The molecular weight excluding hydrogens is 624 g/mol. The topological polar surface area (TPSA) is 0 Å². The number of hydrogen-bond donors (Lipinski definition) is 0. The second-order valence-electron chi connectivity index (χ2n) is 12.4. The van der Waals surface area contributed by atoms with Gasteiger partial charge in [-0.1, -0.05) is 161 Å². The average molecular weight is 670 g/mol. The third-order valence-electron chi connectivity index (χ3n) is 9.71. The van der Waals surface area contributed by atoms with Crippen LogP contribution in [-0.4, -0.2) is 9.52 Å². The Morgan fingerprint density at radius 1 is 0.523 bits per heavy atom. The molecule has 0 spiro atoms. The predicted molar refractivity (Wildman–Crippen MR) is 189 cm³/mol. The molecule has 0 saturated heterocycles. The van der Waals surface area contributed by atoms with Gasteiger partial charge in [0.05, 0.1) is 0 Å². The van der Waals surface area contributed by atoms with Crippen LogP contribution in [0.5, 0.6) is 0 Å². The molecule has 0 saturated carbocycles. The third kappa shape index (κ3) is 6.68. The molecule has 0 heterocycles. The molecule has 2 aliphatic carbocycles. The molecule has 4 aromatic carbocycles. The van der Waals surface area contributed by atoms with Gasteiger partial charge in [-0.15, -0.1) is 0 Å². The van der Waals surface area contributed by atoms with Crippen LogP contribution in [-0.2, 0) is 39.0 Å². The molecule has 44 heavy (non-hydrogen) atoms. The Balaban J connectivity index is 0.00000384. The van der Waals surface area contributed by atoms with Crippen molar-refractivity contribution in [3.8, 4) is 22.3 Å². The van der Waals surface area contributed by atoms with E-state index in [4.69, 9.17) is 0 Å². The quantitative estimate of drug-likeness (QED) is 0.132. The maximum Gasteiger partial charge on any atom is 0.0397 e. The van der Waals surface area contributed by atoms with Gasteiger partial charge >= 0.3 is 0 Å². The molecule has 0 aromatic heterocycles. The zero-order chi connectivity index (χ0) is 29.8.